The molecule has 0 heterocycles. The van der Waals surface area contributed by atoms with Gasteiger partial charge >= 0.3 is 0 Å². The van der Waals surface area contributed by atoms with E-state index in [0.717, 1.165) is 15.8 Å². The van der Waals surface area contributed by atoms with Crippen LogP contribution in [0.4, 0.5) is 0 Å². The first-order valence-corrected chi connectivity index (χ1v) is 9.74. The van der Waals surface area contributed by atoms with Crippen molar-refractivity contribution in [1.82, 2.24) is 5.32 Å². The molecule has 0 fully saturated rings. The number of hydrogen-bond acceptors (Lipinski definition) is 2. The van der Waals surface area contributed by atoms with Crippen molar-refractivity contribution >= 4 is 28.4 Å². The van der Waals surface area contributed by atoms with Crippen LogP contribution in [0.1, 0.15) is 21.3 Å². The third-order valence-electron chi connectivity index (χ3n) is 4.40. The summed E-state index contributed by atoms with van der Waals surface area (Å²) in [6, 6.07) is 34.0. The molecule has 0 aliphatic heterocycles. The Labute approximate surface area is 163 Å². The molecule has 0 saturated heterocycles. The van der Waals surface area contributed by atoms with Crippen LogP contribution >= 0.6 is 11.8 Å². The van der Waals surface area contributed by atoms with E-state index >= 15 is 0 Å². The monoisotopic (exact) mass is 369 g/mol. The van der Waals surface area contributed by atoms with Crippen LogP contribution in [0.3, 0.4) is 0 Å². The van der Waals surface area contributed by atoms with Crippen LogP contribution in [-0.4, -0.2) is 5.91 Å². The summed E-state index contributed by atoms with van der Waals surface area (Å²) < 4.78 is 0. The molecule has 1 atom stereocenters. The van der Waals surface area contributed by atoms with Crippen LogP contribution in [-0.2, 0) is 0 Å². The van der Waals surface area contributed by atoms with Crippen LogP contribution in [0.15, 0.2) is 108 Å². The number of benzene rings is 4. The van der Waals surface area contributed by atoms with Crippen LogP contribution in [0.2, 0.25) is 0 Å². The SMILES string of the molecule is O=C(N[C@@H](Sc1ccccc1)c1cccc2ccccc12)c1ccccc1. The maximum Gasteiger partial charge on any atom is 0.252 e. The molecule has 2 nitrogen and oxygen atoms in total. The molecule has 0 aliphatic rings. The summed E-state index contributed by atoms with van der Waals surface area (Å²) >= 11 is 1.65. The number of hydrogen-bond donors (Lipinski definition) is 1. The minimum Gasteiger partial charge on any atom is -0.336 e. The molecule has 1 N–H and O–H groups in total. The highest BCUT2D eigenvalue weighted by Gasteiger charge is 2.19. The van der Waals surface area contributed by atoms with Crippen LogP contribution in [0.5, 0.6) is 0 Å². The molecule has 0 radical (unpaired) electrons. The molecule has 3 heteroatoms. The number of fused-ring (bicyclic) bond motifs is 1. The van der Waals surface area contributed by atoms with Crippen molar-refractivity contribution in [2.45, 2.75) is 10.3 Å². The third-order valence-corrected chi connectivity index (χ3v) is 5.55. The Morgan fingerprint density at radius 2 is 1.33 bits per heavy atom. The molecule has 0 unspecified atom stereocenters. The van der Waals surface area contributed by atoms with E-state index < -0.39 is 0 Å². The van der Waals surface area contributed by atoms with Gasteiger partial charge in [0.25, 0.3) is 5.91 Å². The average molecular weight is 369 g/mol. The highest BCUT2D eigenvalue weighted by Crippen LogP contribution is 2.36. The summed E-state index contributed by atoms with van der Waals surface area (Å²) in [6.07, 6.45) is 0. The van der Waals surface area contributed by atoms with E-state index in [-0.39, 0.29) is 11.3 Å². The summed E-state index contributed by atoms with van der Waals surface area (Å²) in [7, 11) is 0. The lowest BCUT2D eigenvalue weighted by atomic mass is 10.0. The number of carbonyl (C=O) groups excluding carboxylic acids is 1. The fourth-order valence-corrected chi connectivity index (χ4v) is 4.16. The molecule has 4 rings (SSSR count). The van der Waals surface area contributed by atoms with E-state index in [2.05, 4.69) is 41.7 Å². The zero-order valence-corrected chi connectivity index (χ0v) is 15.5. The predicted molar refractivity (Wildman–Crippen MR) is 113 cm³/mol. The summed E-state index contributed by atoms with van der Waals surface area (Å²) in [5, 5.41) is 5.35. The molecule has 4 aromatic rings. The summed E-state index contributed by atoms with van der Waals surface area (Å²) in [6.45, 7) is 0. The van der Waals surface area contributed by atoms with Crippen molar-refractivity contribution in [3.05, 3.63) is 114 Å². The quantitative estimate of drug-likeness (QED) is 0.342. The van der Waals surface area contributed by atoms with Gasteiger partial charge < -0.3 is 5.32 Å². The first-order chi connectivity index (χ1) is 13.3. The number of nitrogens with one attached hydrogen (secondary N) is 1. The maximum absolute atomic E-state index is 12.8. The predicted octanol–water partition coefficient (Wildman–Crippen LogP) is 6.06. The molecule has 27 heavy (non-hydrogen) atoms. The molecule has 0 bridgehead atoms. The molecule has 1 amide bonds. The highest BCUT2D eigenvalue weighted by molar-refractivity contribution is 7.99. The van der Waals surface area contributed by atoms with Gasteiger partial charge in [0, 0.05) is 10.5 Å². The Kier molecular flexibility index (Phi) is 5.22. The Balaban J connectivity index is 1.72. The maximum atomic E-state index is 12.8. The van der Waals surface area contributed by atoms with E-state index in [9.17, 15) is 4.79 Å². The lowest BCUT2D eigenvalue weighted by Gasteiger charge is -2.21. The van der Waals surface area contributed by atoms with E-state index in [4.69, 9.17) is 0 Å². The second kappa shape index (κ2) is 8.11. The Morgan fingerprint density at radius 1 is 0.704 bits per heavy atom. The fourth-order valence-electron chi connectivity index (χ4n) is 3.08. The Bertz CT molecular complexity index is 1040. The molecule has 0 spiro atoms. The first kappa shape index (κ1) is 17.4. The van der Waals surface area contributed by atoms with Crippen molar-refractivity contribution in [2.75, 3.05) is 0 Å². The molecular formula is C24H19NOS. The van der Waals surface area contributed by atoms with Gasteiger partial charge in [-0.15, -0.1) is 0 Å². The van der Waals surface area contributed by atoms with E-state index in [0.29, 0.717) is 5.56 Å². The van der Waals surface area contributed by atoms with Crippen molar-refractivity contribution in [3.8, 4) is 0 Å². The van der Waals surface area contributed by atoms with Gasteiger partial charge in [0.1, 0.15) is 5.37 Å². The van der Waals surface area contributed by atoms with Gasteiger partial charge in [-0.2, -0.15) is 0 Å². The minimum atomic E-state index is -0.189. The van der Waals surface area contributed by atoms with Gasteiger partial charge in [-0.1, -0.05) is 90.6 Å². The standard InChI is InChI=1S/C24H19NOS/c26-23(19-11-3-1-4-12-19)25-24(27-20-14-5-2-6-15-20)22-17-9-13-18-10-7-8-16-21(18)22/h1-17,24H,(H,25,26)/t24-/m0/s1. The smallest absolute Gasteiger partial charge is 0.252 e. The number of rotatable bonds is 5. The van der Waals surface area contributed by atoms with Crippen LogP contribution < -0.4 is 5.32 Å². The number of thioether (sulfide) groups is 1. The van der Waals surface area contributed by atoms with E-state index in [1.54, 1.807) is 11.8 Å². The van der Waals surface area contributed by atoms with Crippen molar-refractivity contribution in [1.29, 1.82) is 0 Å². The highest BCUT2D eigenvalue weighted by atomic mass is 32.2. The van der Waals surface area contributed by atoms with Gasteiger partial charge in [-0.25, -0.2) is 0 Å². The average Bonchev–Trinajstić information content (AvgIpc) is 2.74. The summed E-state index contributed by atoms with van der Waals surface area (Å²) in [4.78, 5) is 13.9. The first-order valence-electron chi connectivity index (χ1n) is 8.86. The molecule has 4 aromatic carbocycles. The van der Waals surface area contributed by atoms with Crippen molar-refractivity contribution in [3.63, 3.8) is 0 Å². The van der Waals surface area contributed by atoms with Gasteiger partial charge in [0.05, 0.1) is 0 Å². The molecule has 0 aliphatic carbocycles. The number of carbonyl (C=O) groups is 1. The van der Waals surface area contributed by atoms with Crippen LogP contribution in [0.25, 0.3) is 10.8 Å². The second-order valence-corrected chi connectivity index (χ2v) is 7.40. The zero-order chi connectivity index (χ0) is 18.5. The third kappa shape index (κ3) is 4.04. The molecule has 132 valence electrons. The largest absolute Gasteiger partial charge is 0.336 e. The zero-order valence-electron chi connectivity index (χ0n) is 14.7. The summed E-state index contributed by atoms with van der Waals surface area (Å²) in [5.74, 6) is -0.0723. The topological polar surface area (TPSA) is 29.1 Å². The Hall–Kier alpha value is -3.04. The van der Waals surface area contributed by atoms with Gasteiger partial charge in [0.15, 0.2) is 0 Å². The van der Waals surface area contributed by atoms with Crippen molar-refractivity contribution < 1.29 is 4.79 Å². The van der Waals surface area contributed by atoms with Crippen LogP contribution in [0, 0.1) is 0 Å². The Morgan fingerprint density at radius 3 is 2.11 bits per heavy atom. The molecular weight excluding hydrogens is 350 g/mol. The lowest BCUT2D eigenvalue weighted by molar-refractivity contribution is 0.0950. The lowest BCUT2D eigenvalue weighted by Crippen LogP contribution is -2.26. The normalized spacial score (nSPS) is 11.9. The summed E-state index contributed by atoms with van der Waals surface area (Å²) in [5.41, 5.74) is 1.77. The minimum absolute atomic E-state index is 0.0723. The van der Waals surface area contributed by atoms with Gasteiger partial charge in [-0.05, 0) is 40.6 Å². The van der Waals surface area contributed by atoms with E-state index in [1.807, 2.05) is 66.7 Å². The van der Waals surface area contributed by atoms with E-state index in [1.165, 1.54) is 5.39 Å². The fraction of sp³-hybridized carbons (Fsp3) is 0.0417. The van der Waals surface area contributed by atoms with Crippen molar-refractivity contribution in [2.24, 2.45) is 0 Å². The molecule has 0 aromatic heterocycles. The van der Waals surface area contributed by atoms with Gasteiger partial charge in [0.2, 0.25) is 0 Å². The number of amides is 1. The second-order valence-electron chi connectivity index (χ2n) is 6.22. The molecule has 0 saturated carbocycles. The van der Waals surface area contributed by atoms with Gasteiger partial charge in [-0.3, -0.25) is 4.79 Å².